The van der Waals surface area contributed by atoms with E-state index in [2.05, 4.69) is 9.97 Å². The monoisotopic (exact) mass is 334 g/mol. The lowest BCUT2D eigenvalue weighted by Crippen LogP contribution is -2.46. The fourth-order valence-electron chi connectivity index (χ4n) is 3.14. The lowest BCUT2D eigenvalue weighted by atomic mass is 9.95. The molecule has 1 saturated heterocycles. The zero-order chi connectivity index (χ0) is 17.3. The van der Waals surface area contributed by atoms with Crippen LogP contribution >= 0.6 is 0 Å². The number of aliphatic hydroxyl groups is 2. The molecule has 8 heteroatoms. The fourth-order valence-corrected chi connectivity index (χ4v) is 3.14. The molecular weight excluding hydrogens is 312 g/mol. The van der Waals surface area contributed by atoms with Crippen LogP contribution in [0.3, 0.4) is 0 Å². The summed E-state index contributed by atoms with van der Waals surface area (Å²) in [5, 5.41) is 19.5. The zero-order valence-electron chi connectivity index (χ0n) is 13.8. The van der Waals surface area contributed by atoms with E-state index in [-0.39, 0.29) is 12.5 Å². The number of aromatic nitrogens is 3. The van der Waals surface area contributed by atoms with Gasteiger partial charge in [0.05, 0.1) is 18.8 Å². The van der Waals surface area contributed by atoms with Gasteiger partial charge in [0.1, 0.15) is 5.52 Å². The van der Waals surface area contributed by atoms with Crippen molar-refractivity contribution in [3.63, 3.8) is 0 Å². The van der Waals surface area contributed by atoms with Crippen LogP contribution in [0, 0.1) is 5.92 Å². The molecule has 0 radical (unpaired) electrons. The lowest BCUT2D eigenvalue weighted by molar-refractivity contribution is 0.0542. The molecule has 1 aliphatic heterocycles. The molecule has 3 rings (SSSR count). The van der Waals surface area contributed by atoms with E-state index in [1.807, 2.05) is 16.4 Å². The van der Waals surface area contributed by atoms with Gasteiger partial charge in [-0.25, -0.2) is 14.8 Å². The number of pyridine rings is 1. The highest BCUT2D eigenvalue weighted by molar-refractivity contribution is 5.92. The molecule has 0 aromatic carbocycles. The van der Waals surface area contributed by atoms with Crippen molar-refractivity contribution < 1.29 is 19.7 Å². The number of β-amino-alcohol motifs (C(OH)–C–C–N with tert-alkyl or cyclic N) is 1. The van der Waals surface area contributed by atoms with Crippen molar-refractivity contribution in [1.29, 1.82) is 0 Å². The summed E-state index contributed by atoms with van der Waals surface area (Å²) in [5.74, 6) is 0.179. The van der Waals surface area contributed by atoms with Crippen molar-refractivity contribution in [2.24, 2.45) is 5.92 Å². The normalized spacial score (nSPS) is 21.2. The number of piperidine rings is 1. The highest BCUT2D eigenvalue weighted by atomic mass is 16.5. The number of methoxy groups -OCH3 is 1. The third kappa shape index (κ3) is 2.83. The molecule has 0 bridgehead atoms. The average molecular weight is 334 g/mol. The van der Waals surface area contributed by atoms with Gasteiger partial charge in [-0.1, -0.05) is 0 Å². The van der Waals surface area contributed by atoms with Gasteiger partial charge in [-0.2, -0.15) is 0 Å². The molecule has 2 aromatic rings. The van der Waals surface area contributed by atoms with Crippen LogP contribution in [0.25, 0.3) is 11.2 Å². The fraction of sp³-hybridized carbons (Fsp3) is 0.562. The van der Waals surface area contributed by atoms with Crippen LogP contribution in [0.2, 0.25) is 0 Å². The van der Waals surface area contributed by atoms with Gasteiger partial charge in [0.25, 0.3) is 0 Å². The molecule has 2 aromatic heterocycles. The van der Waals surface area contributed by atoms with Crippen molar-refractivity contribution in [1.82, 2.24) is 14.5 Å². The quantitative estimate of drug-likeness (QED) is 0.781. The molecule has 1 aliphatic rings. The minimum atomic E-state index is -0.590. The third-order valence-corrected chi connectivity index (χ3v) is 4.54. The van der Waals surface area contributed by atoms with Crippen molar-refractivity contribution in [3.05, 3.63) is 17.8 Å². The first-order valence-corrected chi connectivity index (χ1v) is 8.07. The van der Waals surface area contributed by atoms with Crippen molar-refractivity contribution in [3.8, 4) is 0 Å². The van der Waals surface area contributed by atoms with Crippen molar-refractivity contribution in [2.75, 3.05) is 31.7 Å². The van der Waals surface area contributed by atoms with Gasteiger partial charge >= 0.3 is 5.97 Å². The van der Waals surface area contributed by atoms with Gasteiger partial charge in [0.2, 0.25) is 5.95 Å². The summed E-state index contributed by atoms with van der Waals surface area (Å²) < 4.78 is 6.68. The molecule has 130 valence electrons. The molecule has 0 spiro atoms. The van der Waals surface area contributed by atoms with Gasteiger partial charge in [0, 0.05) is 38.4 Å². The Hall–Kier alpha value is -2.19. The Bertz CT molecular complexity index is 745. The predicted octanol–water partition coefficient (Wildman–Crippen LogP) is 0.417. The number of nitrogens with zero attached hydrogens (tertiary/aromatic N) is 4. The second kappa shape index (κ2) is 6.74. The number of carbonyl (C=O) groups is 1. The number of aryl methyl sites for hydroxylation is 1. The van der Waals surface area contributed by atoms with E-state index in [0.29, 0.717) is 42.8 Å². The molecular formula is C16H22N4O4. The minimum absolute atomic E-state index is 0.0107. The summed E-state index contributed by atoms with van der Waals surface area (Å²) >= 11 is 0. The molecule has 0 amide bonds. The number of esters is 1. The van der Waals surface area contributed by atoms with E-state index in [4.69, 9.17) is 4.74 Å². The van der Waals surface area contributed by atoms with Crippen LogP contribution < -0.4 is 4.90 Å². The average Bonchev–Trinajstić information content (AvgIpc) is 2.98. The zero-order valence-corrected chi connectivity index (χ0v) is 13.8. The highest BCUT2D eigenvalue weighted by Gasteiger charge is 2.30. The van der Waals surface area contributed by atoms with Gasteiger partial charge in [-0.05, 0) is 19.4 Å². The summed E-state index contributed by atoms with van der Waals surface area (Å²) in [5.41, 5.74) is 1.67. The Morgan fingerprint density at radius 1 is 1.50 bits per heavy atom. The first-order chi connectivity index (χ1) is 11.6. The topological polar surface area (TPSA) is 101 Å². The molecule has 1 fully saturated rings. The molecule has 0 aliphatic carbocycles. The summed E-state index contributed by atoms with van der Waals surface area (Å²) in [6.07, 6.45) is 1.59. The van der Waals surface area contributed by atoms with E-state index in [0.717, 1.165) is 5.95 Å². The smallest absolute Gasteiger partial charge is 0.339 e. The molecule has 2 atom stereocenters. The number of hydrogen-bond donors (Lipinski definition) is 2. The molecule has 24 heavy (non-hydrogen) atoms. The van der Waals surface area contributed by atoms with Gasteiger partial charge in [-0.15, -0.1) is 0 Å². The third-order valence-electron chi connectivity index (χ3n) is 4.54. The van der Waals surface area contributed by atoms with E-state index >= 15 is 0 Å². The maximum atomic E-state index is 11.7. The number of hydrogen-bond acceptors (Lipinski definition) is 7. The first-order valence-electron chi connectivity index (χ1n) is 8.07. The molecule has 0 saturated carbocycles. The maximum absolute atomic E-state index is 11.7. The van der Waals surface area contributed by atoms with Crippen molar-refractivity contribution in [2.45, 2.75) is 26.0 Å². The van der Waals surface area contributed by atoms with E-state index in [9.17, 15) is 15.0 Å². The number of fused-ring (bicyclic) bond motifs is 1. The molecule has 3 heterocycles. The molecule has 2 N–H and O–H groups in total. The Kier molecular flexibility index (Phi) is 4.68. The summed E-state index contributed by atoms with van der Waals surface area (Å²) in [6, 6.07) is 1.67. The number of rotatable bonds is 4. The second-order valence-electron chi connectivity index (χ2n) is 5.96. The van der Waals surface area contributed by atoms with Crippen LogP contribution in [-0.4, -0.2) is 63.6 Å². The van der Waals surface area contributed by atoms with Gasteiger partial charge in [0.15, 0.2) is 5.65 Å². The SMILES string of the molecule is CCn1c(N2CC[C@H](CO)[C@@H](O)C2)nc2cc(C(=O)OC)cnc21. The van der Waals surface area contributed by atoms with Crippen LogP contribution in [0.5, 0.6) is 0 Å². The lowest BCUT2D eigenvalue weighted by Gasteiger charge is -2.35. The largest absolute Gasteiger partial charge is 0.465 e. The van der Waals surface area contributed by atoms with Crippen LogP contribution in [0.4, 0.5) is 5.95 Å². The Labute approximate surface area is 139 Å². The molecule has 0 unspecified atom stereocenters. The number of imidazole rings is 1. The maximum Gasteiger partial charge on any atom is 0.339 e. The Morgan fingerprint density at radius 2 is 2.29 bits per heavy atom. The summed E-state index contributed by atoms with van der Waals surface area (Å²) in [7, 11) is 1.33. The standard InChI is InChI=1S/C16H22N4O4/c1-3-20-14-12(6-11(7-17-14)15(23)24-2)18-16(20)19-5-4-10(9-21)13(22)8-19/h6-7,10,13,21-22H,3-5,8-9H2,1-2H3/t10-,13+/m1/s1. The number of ether oxygens (including phenoxy) is 1. The number of carbonyl (C=O) groups excluding carboxylic acids is 1. The van der Waals surface area contributed by atoms with E-state index in [1.165, 1.54) is 13.3 Å². The Morgan fingerprint density at radius 3 is 2.92 bits per heavy atom. The summed E-state index contributed by atoms with van der Waals surface area (Å²) in [6.45, 7) is 3.78. The van der Waals surface area contributed by atoms with Crippen molar-refractivity contribution >= 4 is 23.1 Å². The minimum Gasteiger partial charge on any atom is -0.465 e. The second-order valence-corrected chi connectivity index (χ2v) is 5.96. The van der Waals surface area contributed by atoms with Gasteiger partial charge < -0.3 is 19.8 Å². The molecule has 8 nitrogen and oxygen atoms in total. The van der Waals surface area contributed by atoms with Crippen LogP contribution in [-0.2, 0) is 11.3 Å². The number of aliphatic hydroxyl groups excluding tert-OH is 2. The highest BCUT2D eigenvalue weighted by Crippen LogP contribution is 2.26. The van der Waals surface area contributed by atoms with Gasteiger partial charge in [-0.3, -0.25) is 4.57 Å². The summed E-state index contributed by atoms with van der Waals surface area (Å²) in [4.78, 5) is 22.6. The predicted molar refractivity (Wildman–Crippen MR) is 88.0 cm³/mol. The number of anilines is 1. The van der Waals surface area contributed by atoms with E-state index < -0.39 is 12.1 Å². The van der Waals surface area contributed by atoms with Crippen LogP contribution in [0.15, 0.2) is 12.3 Å². The first kappa shape index (κ1) is 16.7. The Balaban J connectivity index is 1.97. The van der Waals surface area contributed by atoms with E-state index in [1.54, 1.807) is 6.07 Å². The van der Waals surface area contributed by atoms with Crippen LogP contribution in [0.1, 0.15) is 23.7 Å².